The average Bonchev–Trinajstić information content (AvgIpc) is 2.52. The van der Waals surface area contributed by atoms with Crippen LogP contribution < -0.4 is 0 Å². The van der Waals surface area contributed by atoms with E-state index in [2.05, 4.69) is 0 Å². The summed E-state index contributed by atoms with van der Waals surface area (Å²) in [6.45, 7) is 1.19. The highest BCUT2D eigenvalue weighted by molar-refractivity contribution is 7.86. The highest BCUT2D eigenvalue weighted by Gasteiger charge is 2.29. The Morgan fingerprint density at radius 3 is 2.43 bits per heavy atom. The first-order valence-corrected chi connectivity index (χ1v) is 8.60. The SMILES string of the molecule is CN(C)S(=O)(=O)N1CCN(C(=O)/C=C/c2cccc(F)c2)CC1. The van der Waals surface area contributed by atoms with E-state index in [1.165, 1.54) is 36.6 Å². The van der Waals surface area contributed by atoms with Crippen molar-refractivity contribution < 1.29 is 17.6 Å². The van der Waals surface area contributed by atoms with E-state index in [1.54, 1.807) is 23.1 Å². The maximum absolute atomic E-state index is 13.1. The number of nitrogens with zero attached hydrogens (tertiary/aromatic N) is 3. The van der Waals surface area contributed by atoms with Crippen LogP contribution in [0.1, 0.15) is 5.56 Å². The van der Waals surface area contributed by atoms with E-state index in [-0.39, 0.29) is 24.8 Å². The summed E-state index contributed by atoms with van der Waals surface area (Å²) in [6.07, 6.45) is 2.93. The van der Waals surface area contributed by atoms with Gasteiger partial charge < -0.3 is 4.90 Å². The fraction of sp³-hybridized carbons (Fsp3) is 0.400. The first-order chi connectivity index (χ1) is 10.8. The molecule has 0 aromatic heterocycles. The second-order valence-electron chi connectivity index (χ2n) is 5.40. The van der Waals surface area contributed by atoms with Crippen molar-refractivity contribution in [3.8, 4) is 0 Å². The number of hydrogen-bond donors (Lipinski definition) is 0. The minimum atomic E-state index is -3.44. The van der Waals surface area contributed by atoms with Gasteiger partial charge in [-0.3, -0.25) is 4.79 Å². The molecule has 0 atom stereocenters. The molecule has 1 fully saturated rings. The molecule has 1 heterocycles. The lowest BCUT2D eigenvalue weighted by Crippen LogP contribution is -2.52. The Bertz CT molecular complexity index is 696. The lowest BCUT2D eigenvalue weighted by molar-refractivity contribution is -0.127. The molecule has 0 spiro atoms. The maximum Gasteiger partial charge on any atom is 0.281 e. The van der Waals surface area contributed by atoms with Crippen molar-refractivity contribution in [2.45, 2.75) is 0 Å². The van der Waals surface area contributed by atoms with E-state index in [0.717, 1.165) is 4.31 Å². The normalized spacial score (nSPS) is 17.1. The van der Waals surface area contributed by atoms with Gasteiger partial charge in [-0.05, 0) is 23.8 Å². The summed E-state index contributed by atoms with van der Waals surface area (Å²) in [7, 11) is -0.479. The van der Waals surface area contributed by atoms with Crippen LogP contribution in [0.4, 0.5) is 4.39 Å². The second-order valence-corrected chi connectivity index (χ2v) is 7.55. The molecule has 0 saturated carbocycles. The number of rotatable bonds is 4. The van der Waals surface area contributed by atoms with Crippen LogP contribution >= 0.6 is 0 Å². The Kier molecular flexibility index (Phi) is 5.51. The standard InChI is InChI=1S/C15H20FN3O3S/c1-17(2)23(21,22)19-10-8-18(9-11-19)15(20)7-6-13-4-3-5-14(16)12-13/h3-7,12H,8-11H2,1-2H3/b7-6+. The third kappa shape index (κ3) is 4.37. The molecule has 1 aromatic carbocycles. The summed E-state index contributed by atoms with van der Waals surface area (Å²) in [5.41, 5.74) is 0.604. The van der Waals surface area contributed by atoms with Gasteiger partial charge in [-0.25, -0.2) is 4.39 Å². The van der Waals surface area contributed by atoms with Crippen LogP contribution in [-0.4, -0.2) is 68.1 Å². The minimum Gasteiger partial charge on any atom is -0.337 e. The second kappa shape index (κ2) is 7.20. The predicted octanol–water partition coefficient (Wildman–Crippen LogP) is 0.790. The third-order valence-electron chi connectivity index (χ3n) is 3.61. The largest absolute Gasteiger partial charge is 0.337 e. The molecule has 1 saturated heterocycles. The van der Waals surface area contributed by atoms with Crippen molar-refractivity contribution >= 4 is 22.2 Å². The number of amides is 1. The number of halogens is 1. The highest BCUT2D eigenvalue weighted by Crippen LogP contribution is 2.11. The summed E-state index contributed by atoms with van der Waals surface area (Å²) in [6, 6.07) is 5.95. The topological polar surface area (TPSA) is 60.9 Å². The Labute approximate surface area is 136 Å². The van der Waals surface area contributed by atoms with E-state index < -0.39 is 10.2 Å². The Morgan fingerprint density at radius 2 is 1.87 bits per heavy atom. The van der Waals surface area contributed by atoms with Gasteiger partial charge in [-0.15, -0.1) is 0 Å². The van der Waals surface area contributed by atoms with E-state index in [1.807, 2.05) is 0 Å². The maximum atomic E-state index is 13.1. The van der Waals surface area contributed by atoms with Crippen LogP contribution in [0.3, 0.4) is 0 Å². The lowest BCUT2D eigenvalue weighted by Gasteiger charge is -2.34. The zero-order valence-corrected chi connectivity index (χ0v) is 14.0. The molecule has 8 heteroatoms. The fourth-order valence-electron chi connectivity index (χ4n) is 2.25. The smallest absolute Gasteiger partial charge is 0.281 e. The van der Waals surface area contributed by atoms with Gasteiger partial charge in [0.2, 0.25) is 5.91 Å². The first kappa shape index (κ1) is 17.6. The minimum absolute atomic E-state index is 0.212. The van der Waals surface area contributed by atoms with Crippen molar-refractivity contribution in [2.75, 3.05) is 40.3 Å². The number of hydrogen-bond acceptors (Lipinski definition) is 3. The van der Waals surface area contributed by atoms with E-state index in [9.17, 15) is 17.6 Å². The number of carbonyl (C=O) groups is 1. The van der Waals surface area contributed by atoms with Crippen LogP contribution in [-0.2, 0) is 15.0 Å². The molecular formula is C15H20FN3O3S. The molecule has 23 heavy (non-hydrogen) atoms. The molecule has 6 nitrogen and oxygen atoms in total. The van der Waals surface area contributed by atoms with Gasteiger partial charge in [0.25, 0.3) is 10.2 Å². The van der Waals surface area contributed by atoms with Crippen LogP contribution in [0.5, 0.6) is 0 Å². The molecule has 1 aromatic rings. The van der Waals surface area contributed by atoms with Gasteiger partial charge in [-0.1, -0.05) is 12.1 Å². The molecule has 0 N–H and O–H groups in total. The number of benzene rings is 1. The molecule has 1 amide bonds. The summed E-state index contributed by atoms with van der Waals surface area (Å²) < 4.78 is 39.6. The van der Waals surface area contributed by atoms with Crippen molar-refractivity contribution in [2.24, 2.45) is 0 Å². The molecule has 1 aliphatic heterocycles. The van der Waals surface area contributed by atoms with Crippen LogP contribution in [0.25, 0.3) is 6.08 Å². The quantitative estimate of drug-likeness (QED) is 0.761. The highest BCUT2D eigenvalue weighted by atomic mass is 32.2. The molecular weight excluding hydrogens is 321 g/mol. The zero-order chi connectivity index (χ0) is 17.0. The monoisotopic (exact) mass is 341 g/mol. The van der Waals surface area contributed by atoms with Gasteiger partial charge >= 0.3 is 0 Å². The third-order valence-corrected chi connectivity index (χ3v) is 5.55. The fourth-order valence-corrected chi connectivity index (χ4v) is 3.34. The number of piperazine rings is 1. The van der Waals surface area contributed by atoms with Crippen molar-refractivity contribution in [3.63, 3.8) is 0 Å². The number of carbonyl (C=O) groups excluding carboxylic acids is 1. The van der Waals surface area contributed by atoms with Gasteiger partial charge in [-0.2, -0.15) is 17.0 Å². The molecule has 1 aliphatic rings. The van der Waals surface area contributed by atoms with E-state index in [4.69, 9.17) is 0 Å². The molecule has 2 rings (SSSR count). The van der Waals surface area contributed by atoms with Crippen LogP contribution in [0, 0.1) is 5.82 Å². The lowest BCUT2D eigenvalue weighted by atomic mass is 10.2. The summed E-state index contributed by atoms with van der Waals surface area (Å²) in [4.78, 5) is 13.7. The summed E-state index contributed by atoms with van der Waals surface area (Å²) in [5.74, 6) is -0.571. The predicted molar refractivity (Wildman–Crippen MR) is 86.2 cm³/mol. The first-order valence-electron chi connectivity index (χ1n) is 7.21. The van der Waals surface area contributed by atoms with Crippen LogP contribution in [0.2, 0.25) is 0 Å². The van der Waals surface area contributed by atoms with Crippen molar-refractivity contribution in [3.05, 3.63) is 41.7 Å². The van der Waals surface area contributed by atoms with Crippen LogP contribution in [0.15, 0.2) is 30.3 Å². The molecule has 0 bridgehead atoms. The Balaban J connectivity index is 1.94. The molecule has 126 valence electrons. The molecule has 0 aliphatic carbocycles. The van der Waals surface area contributed by atoms with Gasteiger partial charge in [0, 0.05) is 46.4 Å². The van der Waals surface area contributed by atoms with Gasteiger partial charge in [0.05, 0.1) is 0 Å². The van der Waals surface area contributed by atoms with E-state index in [0.29, 0.717) is 18.7 Å². The molecule has 0 radical (unpaired) electrons. The Morgan fingerprint density at radius 1 is 1.22 bits per heavy atom. The Hall–Kier alpha value is -1.77. The zero-order valence-electron chi connectivity index (χ0n) is 13.1. The van der Waals surface area contributed by atoms with Crippen molar-refractivity contribution in [1.82, 2.24) is 13.5 Å². The summed E-state index contributed by atoms with van der Waals surface area (Å²) in [5, 5.41) is 0. The van der Waals surface area contributed by atoms with Crippen molar-refractivity contribution in [1.29, 1.82) is 0 Å². The molecule has 0 unspecified atom stereocenters. The van der Waals surface area contributed by atoms with Gasteiger partial charge in [0.15, 0.2) is 0 Å². The summed E-state index contributed by atoms with van der Waals surface area (Å²) >= 11 is 0. The average molecular weight is 341 g/mol. The van der Waals surface area contributed by atoms with E-state index >= 15 is 0 Å². The van der Waals surface area contributed by atoms with Gasteiger partial charge in [0.1, 0.15) is 5.82 Å².